The number of imide groups is 1. The number of rotatable bonds is 5. The molecule has 0 saturated carbocycles. The zero-order valence-corrected chi connectivity index (χ0v) is 18.4. The van der Waals surface area contributed by atoms with Crippen LogP contribution in [0.1, 0.15) is 56.5 Å². The average Bonchev–Trinajstić information content (AvgIpc) is 3.05. The highest BCUT2D eigenvalue weighted by Gasteiger charge is 2.38. The number of halogens is 4. The molecule has 3 heterocycles. The highest BCUT2D eigenvalue weighted by atomic mass is 19.4. The van der Waals surface area contributed by atoms with Gasteiger partial charge in [0.2, 0.25) is 0 Å². The van der Waals surface area contributed by atoms with E-state index in [-0.39, 0.29) is 37.4 Å². The van der Waals surface area contributed by atoms with E-state index in [2.05, 4.69) is 4.98 Å². The smallest absolute Gasteiger partial charge is 0.367 e. The Morgan fingerprint density at radius 3 is 2.41 bits per heavy atom. The molecule has 4 rings (SSSR count). The third-order valence-corrected chi connectivity index (χ3v) is 5.98. The quantitative estimate of drug-likeness (QED) is 0.485. The summed E-state index contributed by atoms with van der Waals surface area (Å²) in [6, 6.07) is 3.43. The SMILES string of the molecule is CCCCN1C(=O)c2cc(N3CCN(C(=O)c4cc(F)ccc4C(F)(F)F)CC3)cnc2C1=O. The number of hydrogen-bond donors (Lipinski definition) is 0. The van der Waals surface area contributed by atoms with E-state index in [1.165, 1.54) is 16.0 Å². The molecule has 2 aromatic rings. The van der Waals surface area contributed by atoms with Crippen molar-refractivity contribution < 1.29 is 31.9 Å². The lowest BCUT2D eigenvalue weighted by Crippen LogP contribution is -2.49. The summed E-state index contributed by atoms with van der Waals surface area (Å²) in [6.07, 6.45) is -1.80. The number of unbranched alkanes of at least 4 members (excludes halogenated alkanes) is 1. The molecule has 0 aliphatic carbocycles. The van der Waals surface area contributed by atoms with Crippen LogP contribution in [0, 0.1) is 5.82 Å². The van der Waals surface area contributed by atoms with Gasteiger partial charge in [0.15, 0.2) is 0 Å². The van der Waals surface area contributed by atoms with Gasteiger partial charge in [-0.1, -0.05) is 13.3 Å². The van der Waals surface area contributed by atoms with Gasteiger partial charge in [0.1, 0.15) is 11.5 Å². The van der Waals surface area contributed by atoms with E-state index in [4.69, 9.17) is 0 Å². The molecule has 180 valence electrons. The van der Waals surface area contributed by atoms with Crippen molar-refractivity contribution in [3.05, 3.63) is 58.7 Å². The van der Waals surface area contributed by atoms with Crippen molar-refractivity contribution in [2.24, 2.45) is 0 Å². The van der Waals surface area contributed by atoms with E-state index >= 15 is 0 Å². The summed E-state index contributed by atoms with van der Waals surface area (Å²) in [7, 11) is 0. The van der Waals surface area contributed by atoms with Crippen LogP contribution in [0.25, 0.3) is 0 Å². The van der Waals surface area contributed by atoms with Crippen LogP contribution in [-0.2, 0) is 6.18 Å². The highest BCUT2D eigenvalue weighted by molar-refractivity contribution is 6.20. The van der Waals surface area contributed by atoms with Crippen LogP contribution in [0.5, 0.6) is 0 Å². The van der Waals surface area contributed by atoms with Crippen molar-refractivity contribution in [2.75, 3.05) is 37.6 Å². The van der Waals surface area contributed by atoms with Crippen molar-refractivity contribution in [3.63, 3.8) is 0 Å². The third-order valence-electron chi connectivity index (χ3n) is 5.98. The molecule has 0 spiro atoms. The van der Waals surface area contributed by atoms with Crippen LogP contribution in [0.3, 0.4) is 0 Å². The molecule has 0 radical (unpaired) electrons. The van der Waals surface area contributed by atoms with Crippen LogP contribution < -0.4 is 4.90 Å². The summed E-state index contributed by atoms with van der Waals surface area (Å²) >= 11 is 0. The van der Waals surface area contributed by atoms with Crippen LogP contribution in [0.4, 0.5) is 23.2 Å². The summed E-state index contributed by atoms with van der Waals surface area (Å²) in [6.45, 7) is 3.01. The molecule has 0 unspecified atom stereocenters. The molecule has 1 saturated heterocycles. The standard InChI is InChI=1S/C23H22F4N4O3/c1-2-3-6-31-21(33)17-12-15(13-28-19(17)22(31)34)29-7-9-30(10-8-29)20(32)16-11-14(24)4-5-18(16)23(25,26)27/h4-5,11-13H,2-3,6-10H2,1H3. The van der Waals surface area contributed by atoms with Gasteiger partial charge in [0, 0.05) is 32.7 Å². The number of hydrogen-bond acceptors (Lipinski definition) is 5. The monoisotopic (exact) mass is 478 g/mol. The Labute approximate surface area is 193 Å². The van der Waals surface area contributed by atoms with Gasteiger partial charge in [0.05, 0.1) is 28.6 Å². The minimum atomic E-state index is -4.79. The lowest BCUT2D eigenvalue weighted by atomic mass is 10.0. The third kappa shape index (κ3) is 4.34. The second-order valence-corrected chi connectivity index (χ2v) is 8.17. The van der Waals surface area contributed by atoms with Crippen molar-refractivity contribution in [1.82, 2.24) is 14.8 Å². The molecule has 0 bridgehead atoms. The Kier molecular flexibility index (Phi) is 6.28. The fourth-order valence-electron chi connectivity index (χ4n) is 4.12. The lowest BCUT2D eigenvalue weighted by molar-refractivity contribution is -0.138. The van der Waals surface area contributed by atoms with Gasteiger partial charge in [-0.15, -0.1) is 0 Å². The largest absolute Gasteiger partial charge is 0.417 e. The van der Waals surface area contributed by atoms with Crippen LogP contribution in [-0.4, -0.2) is 65.2 Å². The number of benzene rings is 1. The van der Waals surface area contributed by atoms with Gasteiger partial charge < -0.3 is 9.80 Å². The zero-order chi connectivity index (χ0) is 24.6. The number of aromatic nitrogens is 1. The van der Waals surface area contributed by atoms with Gasteiger partial charge in [-0.25, -0.2) is 9.37 Å². The molecule has 1 aromatic carbocycles. The summed E-state index contributed by atoms with van der Waals surface area (Å²) < 4.78 is 53.5. The summed E-state index contributed by atoms with van der Waals surface area (Å²) in [5.41, 5.74) is -1.02. The molecular weight excluding hydrogens is 456 g/mol. The molecule has 1 aromatic heterocycles. The Morgan fingerprint density at radius 2 is 1.76 bits per heavy atom. The van der Waals surface area contributed by atoms with E-state index in [0.717, 1.165) is 6.42 Å². The second-order valence-electron chi connectivity index (χ2n) is 8.17. The number of alkyl halides is 3. The number of piperazine rings is 1. The molecule has 2 aliphatic rings. The van der Waals surface area contributed by atoms with Gasteiger partial charge >= 0.3 is 6.18 Å². The van der Waals surface area contributed by atoms with Gasteiger partial charge in [-0.2, -0.15) is 13.2 Å². The van der Waals surface area contributed by atoms with Crippen LogP contribution >= 0.6 is 0 Å². The number of carbonyl (C=O) groups is 3. The van der Waals surface area contributed by atoms with Gasteiger partial charge in [-0.3, -0.25) is 19.3 Å². The molecular formula is C23H22F4N4O3. The van der Waals surface area contributed by atoms with Crippen molar-refractivity contribution in [3.8, 4) is 0 Å². The number of anilines is 1. The molecule has 3 amide bonds. The Balaban J connectivity index is 1.47. The van der Waals surface area contributed by atoms with E-state index in [9.17, 15) is 31.9 Å². The first-order chi connectivity index (χ1) is 16.1. The maximum absolute atomic E-state index is 13.6. The fourth-order valence-corrected chi connectivity index (χ4v) is 4.12. The van der Waals surface area contributed by atoms with Crippen LogP contribution in [0.2, 0.25) is 0 Å². The summed E-state index contributed by atoms with van der Waals surface area (Å²) in [5.74, 6) is -2.65. The molecule has 11 heteroatoms. The number of nitrogens with zero attached hydrogens (tertiary/aromatic N) is 4. The Morgan fingerprint density at radius 1 is 1.06 bits per heavy atom. The average molecular weight is 478 g/mol. The lowest BCUT2D eigenvalue weighted by Gasteiger charge is -2.36. The molecule has 1 fully saturated rings. The van der Waals surface area contributed by atoms with Crippen molar-refractivity contribution >= 4 is 23.4 Å². The van der Waals surface area contributed by atoms with E-state index in [1.54, 1.807) is 6.07 Å². The Bertz CT molecular complexity index is 1140. The molecule has 7 nitrogen and oxygen atoms in total. The first-order valence-electron chi connectivity index (χ1n) is 10.9. The number of fused-ring (bicyclic) bond motifs is 1. The normalized spacial score (nSPS) is 16.3. The minimum Gasteiger partial charge on any atom is -0.367 e. The fraction of sp³-hybridized carbons (Fsp3) is 0.391. The molecule has 0 atom stereocenters. The Hall–Kier alpha value is -3.50. The van der Waals surface area contributed by atoms with Crippen LogP contribution in [0.15, 0.2) is 30.5 Å². The van der Waals surface area contributed by atoms with Crippen molar-refractivity contribution in [2.45, 2.75) is 25.9 Å². The topological polar surface area (TPSA) is 73.8 Å². The first-order valence-corrected chi connectivity index (χ1v) is 10.9. The number of carbonyl (C=O) groups excluding carboxylic acids is 3. The highest BCUT2D eigenvalue weighted by Crippen LogP contribution is 2.33. The number of amides is 3. The second kappa shape index (κ2) is 9.03. The number of pyridine rings is 1. The summed E-state index contributed by atoms with van der Waals surface area (Å²) in [4.78, 5) is 46.3. The summed E-state index contributed by atoms with van der Waals surface area (Å²) in [5, 5.41) is 0. The van der Waals surface area contributed by atoms with Gasteiger partial charge in [0.25, 0.3) is 17.7 Å². The predicted molar refractivity (Wildman–Crippen MR) is 114 cm³/mol. The maximum atomic E-state index is 13.6. The molecule has 2 aliphatic heterocycles. The molecule has 34 heavy (non-hydrogen) atoms. The van der Waals surface area contributed by atoms with E-state index < -0.39 is 40.8 Å². The first kappa shape index (κ1) is 23.7. The van der Waals surface area contributed by atoms with E-state index in [1.807, 2.05) is 11.8 Å². The maximum Gasteiger partial charge on any atom is 0.417 e. The predicted octanol–water partition coefficient (Wildman–Crippen LogP) is 3.60. The van der Waals surface area contributed by atoms with Crippen molar-refractivity contribution in [1.29, 1.82) is 0 Å². The van der Waals surface area contributed by atoms with E-state index in [0.29, 0.717) is 36.9 Å². The minimum absolute atomic E-state index is 0.0965. The zero-order valence-electron chi connectivity index (χ0n) is 18.4. The molecule has 0 N–H and O–H groups in total. The van der Waals surface area contributed by atoms with Gasteiger partial charge in [-0.05, 0) is 30.7 Å².